The number of furan rings is 1. The Morgan fingerprint density at radius 3 is 2.48 bits per heavy atom. The third-order valence-electron chi connectivity index (χ3n) is 5.76. The summed E-state index contributed by atoms with van der Waals surface area (Å²) in [6.07, 6.45) is 5.04. The fourth-order valence-electron chi connectivity index (χ4n) is 4.04. The molecule has 158 valence electrons. The number of carbonyl (C=O) groups excluding carboxylic acids is 1. The zero-order chi connectivity index (χ0) is 21.2. The van der Waals surface area contributed by atoms with Crippen molar-refractivity contribution in [2.45, 2.75) is 69.9 Å². The predicted octanol–water partition coefficient (Wildman–Crippen LogP) is 4.34. The van der Waals surface area contributed by atoms with Crippen LogP contribution in [0.4, 0.5) is 0 Å². The van der Waals surface area contributed by atoms with Crippen molar-refractivity contribution in [1.29, 1.82) is 0 Å². The van der Waals surface area contributed by atoms with E-state index in [0.717, 1.165) is 49.2 Å². The molecule has 1 N–H and O–H groups in total. The van der Waals surface area contributed by atoms with Crippen LogP contribution >= 0.6 is 0 Å². The van der Waals surface area contributed by atoms with Crippen LogP contribution in [0.5, 0.6) is 0 Å². The largest absolute Gasteiger partial charge is 0.466 e. The van der Waals surface area contributed by atoms with Crippen LogP contribution in [0.15, 0.2) is 39.6 Å². The summed E-state index contributed by atoms with van der Waals surface area (Å²) in [5, 5.41) is 2.93. The smallest absolute Gasteiger partial charge is 0.251 e. The van der Waals surface area contributed by atoms with E-state index in [1.807, 2.05) is 26.8 Å². The summed E-state index contributed by atoms with van der Waals surface area (Å²) < 4.78 is 33.2. The van der Waals surface area contributed by atoms with Crippen LogP contribution in [0.3, 0.4) is 0 Å². The molecule has 1 heterocycles. The summed E-state index contributed by atoms with van der Waals surface area (Å²) >= 11 is 0. The molecular weight excluding hydrogens is 388 g/mol. The Kier molecular flexibility index (Phi) is 6.49. The minimum Gasteiger partial charge on any atom is -0.466 e. The van der Waals surface area contributed by atoms with E-state index in [1.165, 1.54) is 10.4 Å². The molecule has 1 aromatic heterocycles. The van der Waals surface area contributed by atoms with Crippen molar-refractivity contribution in [2.24, 2.45) is 0 Å². The molecule has 1 aliphatic carbocycles. The molecule has 29 heavy (non-hydrogen) atoms. The van der Waals surface area contributed by atoms with Gasteiger partial charge in [-0.15, -0.1) is 0 Å². The Hall–Kier alpha value is -2.12. The van der Waals surface area contributed by atoms with Gasteiger partial charge >= 0.3 is 0 Å². The van der Waals surface area contributed by atoms with Gasteiger partial charge in [0.25, 0.3) is 5.91 Å². The van der Waals surface area contributed by atoms with E-state index in [0.29, 0.717) is 5.56 Å². The lowest BCUT2D eigenvalue weighted by Gasteiger charge is -2.30. The Balaban J connectivity index is 1.77. The number of rotatable bonds is 6. The van der Waals surface area contributed by atoms with Gasteiger partial charge in [-0.05, 0) is 57.9 Å². The topological polar surface area (TPSA) is 79.6 Å². The lowest BCUT2D eigenvalue weighted by atomic mass is 9.96. The molecule has 3 rings (SSSR count). The van der Waals surface area contributed by atoms with Gasteiger partial charge in [-0.2, -0.15) is 4.31 Å². The van der Waals surface area contributed by atoms with E-state index in [-0.39, 0.29) is 22.9 Å². The first kappa shape index (κ1) is 21.6. The minimum absolute atomic E-state index is 0.0264. The molecular formula is C22H30N2O4S. The van der Waals surface area contributed by atoms with Gasteiger partial charge in [0.05, 0.1) is 10.9 Å². The minimum atomic E-state index is -3.64. The zero-order valence-corrected chi connectivity index (χ0v) is 18.4. The molecule has 0 bridgehead atoms. The van der Waals surface area contributed by atoms with Crippen LogP contribution < -0.4 is 5.32 Å². The first-order valence-electron chi connectivity index (χ1n) is 10.2. The summed E-state index contributed by atoms with van der Waals surface area (Å²) in [7, 11) is -2.00. The first-order valence-corrected chi connectivity index (χ1v) is 11.6. The monoisotopic (exact) mass is 418 g/mol. The van der Waals surface area contributed by atoms with Crippen LogP contribution in [-0.4, -0.2) is 31.7 Å². The van der Waals surface area contributed by atoms with Gasteiger partial charge < -0.3 is 9.73 Å². The van der Waals surface area contributed by atoms with Crippen LogP contribution in [0.25, 0.3) is 0 Å². The molecule has 0 aliphatic heterocycles. The molecule has 1 aromatic carbocycles. The Morgan fingerprint density at radius 1 is 1.17 bits per heavy atom. The third kappa shape index (κ3) is 4.73. The number of benzene rings is 1. The lowest BCUT2D eigenvalue weighted by molar-refractivity contribution is 0.0939. The maximum absolute atomic E-state index is 13.1. The molecule has 1 saturated carbocycles. The number of nitrogens with zero attached hydrogens (tertiary/aromatic N) is 1. The van der Waals surface area contributed by atoms with Gasteiger partial charge in [0.2, 0.25) is 10.0 Å². The number of hydrogen-bond acceptors (Lipinski definition) is 4. The first-order chi connectivity index (χ1) is 13.7. The molecule has 2 aromatic rings. The number of nitrogens with one attached hydrogen (secondary N) is 1. The molecule has 1 aliphatic rings. The highest BCUT2D eigenvalue weighted by Gasteiger charge is 2.29. The van der Waals surface area contributed by atoms with Gasteiger partial charge in [0.15, 0.2) is 0 Å². The van der Waals surface area contributed by atoms with E-state index >= 15 is 0 Å². The SMILES string of the molecule is Cc1cc(C(C)NC(=O)c2cccc(S(=O)(=O)N(C)C3CCCCC3)c2)c(C)o1. The van der Waals surface area contributed by atoms with Crippen molar-refractivity contribution < 1.29 is 17.6 Å². The summed E-state index contributed by atoms with van der Waals surface area (Å²) in [5.74, 6) is 1.24. The van der Waals surface area contributed by atoms with Crippen LogP contribution in [-0.2, 0) is 10.0 Å². The Bertz CT molecular complexity index is 974. The zero-order valence-electron chi connectivity index (χ0n) is 17.6. The average molecular weight is 419 g/mol. The molecule has 0 saturated heterocycles. The number of carbonyl (C=O) groups is 1. The third-order valence-corrected chi connectivity index (χ3v) is 7.66. The Labute approximate surface area is 173 Å². The number of aryl methyl sites for hydroxylation is 2. The maximum atomic E-state index is 13.1. The maximum Gasteiger partial charge on any atom is 0.251 e. The number of hydrogen-bond donors (Lipinski definition) is 1. The Morgan fingerprint density at radius 2 is 1.86 bits per heavy atom. The van der Waals surface area contributed by atoms with Crippen molar-refractivity contribution in [3.8, 4) is 0 Å². The van der Waals surface area contributed by atoms with E-state index in [2.05, 4.69) is 5.32 Å². The summed E-state index contributed by atoms with van der Waals surface area (Å²) in [4.78, 5) is 12.9. The average Bonchev–Trinajstić information content (AvgIpc) is 3.06. The second-order valence-electron chi connectivity index (χ2n) is 7.90. The van der Waals surface area contributed by atoms with Crippen molar-refractivity contribution in [2.75, 3.05) is 7.05 Å². The second kappa shape index (κ2) is 8.71. The van der Waals surface area contributed by atoms with Gasteiger partial charge in [-0.3, -0.25) is 4.79 Å². The fraction of sp³-hybridized carbons (Fsp3) is 0.500. The highest BCUT2D eigenvalue weighted by Crippen LogP contribution is 2.27. The standard InChI is InChI=1S/C22H30N2O4S/c1-15-13-21(17(3)28-15)16(2)23-22(25)18-9-8-12-20(14-18)29(26,27)24(4)19-10-6-5-7-11-19/h8-9,12-14,16,19H,5-7,10-11H2,1-4H3,(H,23,25). The van der Waals surface area contributed by atoms with E-state index < -0.39 is 10.0 Å². The van der Waals surface area contributed by atoms with Gasteiger partial charge in [0.1, 0.15) is 11.5 Å². The van der Waals surface area contributed by atoms with Crippen molar-refractivity contribution >= 4 is 15.9 Å². The lowest BCUT2D eigenvalue weighted by Crippen LogP contribution is -2.38. The summed E-state index contributed by atoms with van der Waals surface area (Å²) in [6, 6.07) is 7.95. The highest BCUT2D eigenvalue weighted by atomic mass is 32.2. The van der Waals surface area contributed by atoms with Gasteiger partial charge in [-0.1, -0.05) is 25.3 Å². The summed E-state index contributed by atoms with van der Waals surface area (Å²) in [5.41, 5.74) is 1.24. The van der Waals surface area contributed by atoms with E-state index in [9.17, 15) is 13.2 Å². The highest BCUT2D eigenvalue weighted by molar-refractivity contribution is 7.89. The number of amides is 1. The number of sulfonamides is 1. The fourth-order valence-corrected chi connectivity index (χ4v) is 5.51. The van der Waals surface area contributed by atoms with E-state index in [4.69, 9.17) is 4.42 Å². The van der Waals surface area contributed by atoms with Gasteiger partial charge in [0, 0.05) is 24.2 Å². The van der Waals surface area contributed by atoms with Crippen LogP contribution in [0.1, 0.15) is 72.5 Å². The second-order valence-corrected chi connectivity index (χ2v) is 9.90. The molecule has 1 amide bonds. The molecule has 1 atom stereocenters. The van der Waals surface area contributed by atoms with Crippen molar-refractivity contribution in [3.05, 3.63) is 53.0 Å². The van der Waals surface area contributed by atoms with E-state index in [1.54, 1.807) is 25.2 Å². The molecule has 1 unspecified atom stereocenters. The predicted molar refractivity (Wildman–Crippen MR) is 112 cm³/mol. The summed E-state index contributed by atoms with van der Waals surface area (Å²) in [6.45, 7) is 5.61. The van der Waals surface area contributed by atoms with Crippen LogP contribution in [0, 0.1) is 13.8 Å². The van der Waals surface area contributed by atoms with Crippen LogP contribution in [0.2, 0.25) is 0 Å². The normalized spacial score (nSPS) is 16.7. The van der Waals surface area contributed by atoms with Crippen molar-refractivity contribution in [1.82, 2.24) is 9.62 Å². The van der Waals surface area contributed by atoms with Crippen molar-refractivity contribution in [3.63, 3.8) is 0 Å². The molecule has 7 heteroatoms. The molecule has 0 spiro atoms. The van der Waals surface area contributed by atoms with Gasteiger partial charge in [-0.25, -0.2) is 8.42 Å². The molecule has 0 radical (unpaired) electrons. The quantitative estimate of drug-likeness (QED) is 0.757. The molecule has 1 fully saturated rings. The molecule has 6 nitrogen and oxygen atoms in total.